The number of aliphatic hydroxyl groups excluding tert-OH is 1. The molecule has 4 nitrogen and oxygen atoms in total. The molecule has 64 valence electrons. The van der Waals surface area contributed by atoms with Crippen LogP contribution in [0.1, 0.15) is 0 Å². The first kappa shape index (κ1) is 8.19. The van der Waals surface area contributed by atoms with Crippen molar-refractivity contribution in [3.63, 3.8) is 0 Å². The Morgan fingerprint density at radius 2 is 2.27 bits per heavy atom. The van der Waals surface area contributed by atoms with E-state index in [0.29, 0.717) is 4.90 Å². The van der Waals surface area contributed by atoms with Gasteiger partial charge in [-0.25, -0.2) is 13.6 Å². The molecule has 0 aromatic heterocycles. The molecule has 11 heavy (non-hydrogen) atoms. The summed E-state index contributed by atoms with van der Waals surface area (Å²) >= 11 is 0. The van der Waals surface area contributed by atoms with Crippen LogP contribution in [0.3, 0.4) is 0 Å². The lowest BCUT2D eigenvalue weighted by molar-refractivity contribution is -0.179. The third-order valence-corrected chi connectivity index (χ3v) is 1.66. The van der Waals surface area contributed by atoms with Gasteiger partial charge in [-0.15, -0.1) is 0 Å². The third-order valence-electron chi connectivity index (χ3n) is 1.66. The highest BCUT2D eigenvalue weighted by Crippen LogP contribution is 2.34. The number of likely N-dealkylation sites (tertiary alicyclic amines) is 1. The van der Waals surface area contributed by atoms with Gasteiger partial charge in [0.15, 0.2) is 0 Å². The van der Waals surface area contributed by atoms with Gasteiger partial charge in [0.2, 0.25) is 0 Å². The summed E-state index contributed by atoms with van der Waals surface area (Å²) < 4.78 is 24.7. The molecular formula is C5H7F2NO3. The number of halogens is 2. The molecule has 0 radical (unpaired) electrons. The molecule has 1 fully saturated rings. The second-order valence-corrected chi connectivity index (χ2v) is 2.37. The maximum Gasteiger partial charge on any atom is 0.408 e. The van der Waals surface area contributed by atoms with Crippen LogP contribution < -0.4 is 0 Å². The smallest absolute Gasteiger partial charge is 0.408 e. The van der Waals surface area contributed by atoms with Crippen molar-refractivity contribution >= 4 is 6.09 Å². The molecule has 1 aliphatic rings. The van der Waals surface area contributed by atoms with Crippen LogP contribution in [-0.4, -0.2) is 46.3 Å². The summed E-state index contributed by atoms with van der Waals surface area (Å²) in [5.41, 5.74) is 0. The first-order valence-corrected chi connectivity index (χ1v) is 2.97. The number of alkyl halides is 2. The lowest BCUT2D eigenvalue weighted by atomic mass is 10.0. The number of amides is 1. The zero-order valence-electron chi connectivity index (χ0n) is 5.50. The third kappa shape index (κ3) is 1.13. The van der Waals surface area contributed by atoms with Gasteiger partial charge in [0.1, 0.15) is 6.04 Å². The summed E-state index contributed by atoms with van der Waals surface area (Å²) in [4.78, 5) is 10.6. The molecule has 1 saturated heterocycles. The van der Waals surface area contributed by atoms with Gasteiger partial charge < -0.3 is 10.2 Å². The number of aliphatic hydroxyl groups is 1. The van der Waals surface area contributed by atoms with E-state index in [4.69, 9.17) is 10.2 Å². The Hall–Kier alpha value is -0.910. The number of hydrogen-bond acceptors (Lipinski definition) is 2. The molecule has 2 N–H and O–H groups in total. The Bertz CT molecular complexity index is 185. The summed E-state index contributed by atoms with van der Waals surface area (Å²) in [7, 11) is 0. The quantitative estimate of drug-likeness (QED) is 0.576. The average Bonchev–Trinajstić information content (AvgIpc) is 1.84. The van der Waals surface area contributed by atoms with Crippen molar-refractivity contribution in [3.05, 3.63) is 0 Å². The van der Waals surface area contributed by atoms with Crippen LogP contribution in [0.4, 0.5) is 13.6 Å². The summed E-state index contributed by atoms with van der Waals surface area (Å²) in [6.45, 7) is -1.65. The van der Waals surface area contributed by atoms with E-state index in [1.54, 1.807) is 0 Å². The number of carboxylic acid groups (broad SMARTS) is 1. The SMILES string of the molecule is O=C(O)N1CC(F)(F)C1CO. The van der Waals surface area contributed by atoms with Gasteiger partial charge in [-0.2, -0.15) is 0 Å². The largest absolute Gasteiger partial charge is 0.465 e. The van der Waals surface area contributed by atoms with Crippen molar-refractivity contribution in [2.24, 2.45) is 0 Å². The Morgan fingerprint density at radius 3 is 2.45 bits per heavy atom. The van der Waals surface area contributed by atoms with E-state index in [9.17, 15) is 13.6 Å². The molecule has 0 aromatic rings. The molecule has 1 atom stereocenters. The standard InChI is InChI=1S/C5H7F2NO3/c6-5(7)2-8(4(10)11)3(5)1-9/h3,9H,1-2H2,(H,10,11). The minimum Gasteiger partial charge on any atom is -0.465 e. The maximum atomic E-state index is 12.3. The molecule has 0 aromatic carbocycles. The first-order valence-electron chi connectivity index (χ1n) is 2.97. The Morgan fingerprint density at radius 1 is 1.73 bits per heavy atom. The predicted molar refractivity (Wildman–Crippen MR) is 30.6 cm³/mol. The van der Waals surface area contributed by atoms with Gasteiger partial charge in [-0.1, -0.05) is 0 Å². The molecular weight excluding hydrogens is 160 g/mol. The number of rotatable bonds is 1. The van der Waals surface area contributed by atoms with Crippen molar-refractivity contribution in [2.45, 2.75) is 12.0 Å². The molecule has 0 bridgehead atoms. The van der Waals surface area contributed by atoms with E-state index in [0.717, 1.165) is 0 Å². The fourth-order valence-electron chi connectivity index (χ4n) is 0.991. The van der Waals surface area contributed by atoms with Crippen LogP contribution in [0.15, 0.2) is 0 Å². The van der Waals surface area contributed by atoms with Crippen LogP contribution in [0.25, 0.3) is 0 Å². The summed E-state index contributed by atoms with van der Waals surface area (Å²) in [6.07, 6.45) is -1.42. The maximum absolute atomic E-state index is 12.3. The van der Waals surface area contributed by atoms with E-state index < -0.39 is 31.2 Å². The Kier molecular flexibility index (Phi) is 1.71. The lowest BCUT2D eigenvalue weighted by Crippen LogP contribution is -2.67. The first-order chi connectivity index (χ1) is 4.99. The van der Waals surface area contributed by atoms with Gasteiger partial charge in [0.05, 0.1) is 13.2 Å². The monoisotopic (exact) mass is 167 g/mol. The number of nitrogens with zero attached hydrogens (tertiary/aromatic N) is 1. The van der Waals surface area contributed by atoms with E-state index in [1.165, 1.54) is 0 Å². The number of hydrogen-bond donors (Lipinski definition) is 2. The average molecular weight is 167 g/mol. The summed E-state index contributed by atoms with van der Waals surface area (Å²) in [5, 5.41) is 16.6. The highest BCUT2D eigenvalue weighted by atomic mass is 19.3. The molecule has 0 saturated carbocycles. The zero-order chi connectivity index (χ0) is 8.65. The zero-order valence-corrected chi connectivity index (χ0v) is 5.50. The Labute approximate surface area is 61.0 Å². The van der Waals surface area contributed by atoms with Gasteiger partial charge in [0.25, 0.3) is 5.92 Å². The molecule has 1 heterocycles. The minimum absolute atomic E-state index is 0.514. The van der Waals surface area contributed by atoms with Crippen LogP contribution in [0.2, 0.25) is 0 Å². The number of carbonyl (C=O) groups is 1. The highest BCUT2D eigenvalue weighted by molar-refractivity contribution is 5.67. The van der Waals surface area contributed by atoms with E-state index in [-0.39, 0.29) is 0 Å². The topological polar surface area (TPSA) is 60.8 Å². The fourth-order valence-corrected chi connectivity index (χ4v) is 0.991. The molecule has 0 aliphatic carbocycles. The van der Waals surface area contributed by atoms with Gasteiger partial charge >= 0.3 is 6.09 Å². The van der Waals surface area contributed by atoms with Crippen LogP contribution >= 0.6 is 0 Å². The van der Waals surface area contributed by atoms with E-state index >= 15 is 0 Å². The van der Waals surface area contributed by atoms with Crippen molar-refractivity contribution < 1.29 is 23.8 Å². The van der Waals surface area contributed by atoms with E-state index in [2.05, 4.69) is 0 Å². The highest BCUT2D eigenvalue weighted by Gasteiger charge is 2.56. The molecule has 1 amide bonds. The minimum atomic E-state index is -3.06. The molecule has 1 unspecified atom stereocenters. The van der Waals surface area contributed by atoms with Crippen LogP contribution in [0, 0.1) is 0 Å². The second-order valence-electron chi connectivity index (χ2n) is 2.37. The van der Waals surface area contributed by atoms with Crippen LogP contribution in [-0.2, 0) is 0 Å². The fraction of sp³-hybridized carbons (Fsp3) is 0.800. The van der Waals surface area contributed by atoms with Crippen molar-refractivity contribution in [3.8, 4) is 0 Å². The second kappa shape index (κ2) is 2.30. The van der Waals surface area contributed by atoms with Gasteiger partial charge in [-0.05, 0) is 0 Å². The predicted octanol–water partition coefficient (Wildman–Crippen LogP) is -0.0238. The normalized spacial score (nSPS) is 27.9. The molecule has 6 heteroatoms. The van der Waals surface area contributed by atoms with E-state index in [1.807, 2.05) is 0 Å². The van der Waals surface area contributed by atoms with Gasteiger partial charge in [-0.3, -0.25) is 4.90 Å². The molecule has 0 spiro atoms. The van der Waals surface area contributed by atoms with Crippen molar-refractivity contribution in [1.82, 2.24) is 4.90 Å². The van der Waals surface area contributed by atoms with Crippen molar-refractivity contribution in [1.29, 1.82) is 0 Å². The van der Waals surface area contributed by atoms with Gasteiger partial charge in [0, 0.05) is 0 Å². The summed E-state index contributed by atoms with van der Waals surface area (Å²) in [5.74, 6) is -3.06. The summed E-state index contributed by atoms with van der Waals surface area (Å²) in [6, 6.07) is -1.56. The Balaban J connectivity index is 2.60. The molecule has 1 aliphatic heterocycles. The van der Waals surface area contributed by atoms with Crippen LogP contribution in [0.5, 0.6) is 0 Å². The lowest BCUT2D eigenvalue weighted by Gasteiger charge is -2.44. The van der Waals surface area contributed by atoms with Crippen molar-refractivity contribution in [2.75, 3.05) is 13.2 Å². The molecule has 1 rings (SSSR count).